The van der Waals surface area contributed by atoms with Crippen LogP contribution in [-0.4, -0.2) is 98.4 Å². The van der Waals surface area contributed by atoms with Crippen molar-refractivity contribution in [1.82, 2.24) is 36.4 Å². The molecule has 16 nitrogen and oxygen atoms in total. The summed E-state index contributed by atoms with van der Waals surface area (Å²) >= 11 is 6.05. The lowest BCUT2D eigenvalue weighted by Gasteiger charge is -2.31. The maximum Gasteiger partial charge on any atom is 0.258 e. The standard InChI is InChI=1S/C51H49ClN8O8/c1-4-39(45(63)23-20-36-24-26-54-59-36)55-49(66)42-28-30-10-21-43(61)37(27-30)38-29-34(17-22-44(38)62)46(50(67)56-40(5-2)48(65)58-42)60(3)51(68)41(9-7-6-8-25-53)57-47(64)33-13-11-31(12-14-33)32-15-18-35(52)19-16-32/h4-5,10-24,26-27,29,39-42,46,61-62H,1-2,6,8,25,28,53H2,3H3,(H,54,59)(H,55,66)(H,56,67)(H,57,64)(H,58,65)/b23-20+/t39-,40-,41-,42-,46-/m0/s1. The Kier molecular flexibility index (Phi) is 16.5. The molecule has 68 heavy (non-hydrogen) atoms. The first-order chi connectivity index (χ1) is 32.7. The number of rotatable bonds is 14. The number of nitrogens with zero attached hydrogens (tertiary/aromatic N) is 2. The molecule has 5 amide bonds. The molecule has 6 rings (SSSR count). The number of phenolic OH excluding ortho intramolecular Hbond substituents is 2. The van der Waals surface area contributed by atoms with Crippen LogP contribution in [0.15, 0.2) is 129 Å². The molecule has 0 fully saturated rings. The summed E-state index contributed by atoms with van der Waals surface area (Å²) < 4.78 is 0. The van der Waals surface area contributed by atoms with Crippen LogP contribution < -0.4 is 27.0 Å². The number of amides is 5. The van der Waals surface area contributed by atoms with Crippen LogP contribution in [0.3, 0.4) is 0 Å². The van der Waals surface area contributed by atoms with Crippen molar-refractivity contribution in [3.8, 4) is 45.6 Å². The zero-order valence-electron chi connectivity index (χ0n) is 36.9. The Morgan fingerprint density at radius 1 is 0.912 bits per heavy atom. The van der Waals surface area contributed by atoms with Crippen LogP contribution in [0.2, 0.25) is 5.02 Å². The molecule has 4 bridgehead atoms. The smallest absolute Gasteiger partial charge is 0.258 e. The van der Waals surface area contributed by atoms with Gasteiger partial charge in [0.2, 0.25) is 17.7 Å². The number of phenols is 2. The third-order valence-corrected chi connectivity index (χ3v) is 11.2. The third-order valence-electron chi connectivity index (χ3n) is 10.9. The highest BCUT2D eigenvalue weighted by Crippen LogP contribution is 2.39. The van der Waals surface area contributed by atoms with E-state index in [1.165, 1.54) is 67.9 Å². The van der Waals surface area contributed by atoms with Crippen molar-refractivity contribution >= 4 is 53.0 Å². The van der Waals surface area contributed by atoms with Gasteiger partial charge in [-0.05, 0) is 102 Å². The van der Waals surface area contributed by atoms with Crippen LogP contribution in [0, 0.1) is 11.8 Å². The highest BCUT2D eigenvalue weighted by atomic mass is 35.5. The quantitative estimate of drug-likeness (QED) is 0.0335. The molecular weight excluding hydrogens is 888 g/mol. The Morgan fingerprint density at radius 3 is 2.24 bits per heavy atom. The molecule has 1 aliphatic heterocycles. The highest BCUT2D eigenvalue weighted by Gasteiger charge is 2.36. The summed E-state index contributed by atoms with van der Waals surface area (Å²) in [7, 11) is 1.31. The topological polar surface area (TPSA) is 249 Å². The molecule has 0 radical (unpaired) electrons. The van der Waals surface area contributed by atoms with E-state index in [1.807, 2.05) is 12.1 Å². The Hall–Kier alpha value is -8.26. The number of likely N-dealkylation sites (N-methyl/N-ethyl adjacent to an activating group) is 1. The monoisotopic (exact) mass is 936 g/mol. The van der Waals surface area contributed by atoms with Crippen LogP contribution in [0.25, 0.3) is 28.3 Å². The average molecular weight is 937 g/mol. The van der Waals surface area contributed by atoms with Crippen molar-refractivity contribution in [3.05, 3.63) is 156 Å². The average Bonchev–Trinajstić information content (AvgIpc) is 3.87. The summed E-state index contributed by atoms with van der Waals surface area (Å²) in [6.45, 7) is 7.74. The molecule has 0 aliphatic carbocycles. The second-order valence-corrected chi connectivity index (χ2v) is 16.1. The molecule has 5 atom stereocenters. The fraction of sp³-hybridized carbons (Fsp3) is 0.196. The predicted octanol–water partition coefficient (Wildman–Crippen LogP) is 4.51. The molecule has 4 aromatic carbocycles. The van der Waals surface area contributed by atoms with Gasteiger partial charge in [-0.2, -0.15) is 5.10 Å². The van der Waals surface area contributed by atoms with Crippen molar-refractivity contribution in [2.24, 2.45) is 5.73 Å². The first kappa shape index (κ1) is 49.2. The van der Waals surface area contributed by atoms with Crippen molar-refractivity contribution in [2.45, 2.75) is 49.5 Å². The van der Waals surface area contributed by atoms with Gasteiger partial charge in [0.15, 0.2) is 11.8 Å². The Labute approximate surface area is 397 Å². The molecular formula is C51H49ClN8O8. The number of nitrogens with two attached hydrogens (primary N) is 1. The summed E-state index contributed by atoms with van der Waals surface area (Å²) in [4.78, 5) is 85.2. The molecule has 348 valence electrons. The first-order valence-corrected chi connectivity index (χ1v) is 21.7. The number of nitrogens with one attached hydrogen (secondary N) is 5. The largest absolute Gasteiger partial charge is 0.507 e. The third kappa shape index (κ3) is 12.1. The van der Waals surface area contributed by atoms with Gasteiger partial charge < -0.3 is 42.1 Å². The number of aromatic amines is 1. The number of carbonyl (C=O) groups excluding carboxylic acids is 6. The molecule has 17 heteroatoms. The van der Waals surface area contributed by atoms with E-state index in [-0.39, 0.29) is 40.2 Å². The van der Waals surface area contributed by atoms with Gasteiger partial charge in [0, 0.05) is 47.8 Å². The van der Waals surface area contributed by atoms with E-state index in [9.17, 15) is 39.0 Å². The lowest BCUT2D eigenvalue weighted by atomic mass is 9.93. The number of aromatic hydroxyl groups is 2. The van der Waals surface area contributed by atoms with E-state index in [0.717, 1.165) is 22.1 Å². The zero-order chi connectivity index (χ0) is 48.9. The number of aromatic nitrogens is 2. The number of halogens is 1. The minimum Gasteiger partial charge on any atom is -0.507 e. The van der Waals surface area contributed by atoms with E-state index in [4.69, 9.17) is 17.3 Å². The lowest BCUT2D eigenvalue weighted by Crippen LogP contribution is -2.57. The Bertz CT molecular complexity index is 2800. The van der Waals surface area contributed by atoms with Gasteiger partial charge in [-0.15, -0.1) is 19.1 Å². The summed E-state index contributed by atoms with van der Waals surface area (Å²) in [6, 6.07) is 16.7. The molecule has 5 aromatic rings. The summed E-state index contributed by atoms with van der Waals surface area (Å²) in [6.07, 6.45) is 7.18. The maximum atomic E-state index is 14.6. The van der Waals surface area contributed by atoms with Crippen LogP contribution in [0.5, 0.6) is 11.5 Å². The van der Waals surface area contributed by atoms with E-state index in [2.05, 4.69) is 56.5 Å². The summed E-state index contributed by atoms with van der Waals surface area (Å²) in [5, 5.41) is 40.0. The van der Waals surface area contributed by atoms with E-state index >= 15 is 0 Å². The summed E-state index contributed by atoms with van der Waals surface area (Å²) in [5.74, 6) is 0.559. The van der Waals surface area contributed by atoms with Gasteiger partial charge >= 0.3 is 0 Å². The van der Waals surface area contributed by atoms with Crippen molar-refractivity contribution in [1.29, 1.82) is 0 Å². The second kappa shape index (κ2) is 22.8. The van der Waals surface area contributed by atoms with Gasteiger partial charge in [0.1, 0.15) is 35.7 Å². The fourth-order valence-corrected chi connectivity index (χ4v) is 7.37. The van der Waals surface area contributed by atoms with Gasteiger partial charge in [0.05, 0.1) is 5.69 Å². The highest BCUT2D eigenvalue weighted by molar-refractivity contribution is 6.30. The summed E-state index contributed by atoms with van der Waals surface area (Å²) in [5.41, 5.74) is 8.80. The van der Waals surface area contributed by atoms with Crippen LogP contribution in [0.1, 0.15) is 46.1 Å². The number of ketones is 1. The van der Waals surface area contributed by atoms with Gasteiger partial charge in [-0.25, -0.2) is 0 Å². The number of hydrogen-bond acceptors (Lipinski definition) is 10. The molecule has 1 aliphatic rings. The Morgan fingerprint density at radius 2 is 1.59 bits per heavy atom. The lowest BCUT2D eigenvalue weighted by molar-refractivity contribution is -0.140. The van der Waals surface area contributed by atoms with E-state index in [0.29, 0.717) is 35.7 Å². The van der Waals surface area contributed by atoms with Gasteiger partial charge in [-0.3, -0.25) is 33.9 Å². The van der Waals surface area contributed by atoms with E-state index in [1.54, 1.807) is 42.5 Å². The predicted molar refractivity (Wildman–Crippen MR) is 257 cm³/mol. The number of unbranched alkanes of at least 4 members (excludes halogenated alkanes) is 1. The molecule has 0 unspecified atom stereocenters. The zero-order valence-corrected chi connectivity index (χ0v) is 37.6. The molecule has 1 aromatic heterocycles. The molecule has 0 spiro atoms. The number of H-pyrrole nitrogens is 1. The maximum absolute atomic E-state index is 14.6. The number of hydrogen-bond donors (Lipinski definition) is 8. The number of carbonyl (C=O) groups is 6. The molecule has 0 saturated carbocycles. The van der Waals surface area contributed by atoms with Crippen LogP contribution in [-0.2, 0) is 30.4 Å². The van der Waals surface area contributed by atoms with Crippen molar-refractivity contribution in [2.75, 3.05) is 13.6 Å². The number of benzene rings is 4. The Balaban J connectivity index is 1.33. The van der Waals surface area contributed by atoms with Crippen LogP contribution in [0.4, 0.5) is 0 Å². The van der Waals surface area contributed by atoms with Crippen molar-refractivity contribution < 1.29 is 39.0 Å². The van der Waals surface area contributed by atoms with E-state index < -0.39 is 65.5 Å². The minimum absolute atomic E-state index is 0.0534. The SMILES string of the molecule is C=C[C@H](NC(=O)[C@@H]1Cc2ccc(O)c(c2)-c2cc(ccc2O)[C@H](N(C)C(=O)[C@H](C#CCCCN)NC(=O)c2ccc(-c3ccc(Cl)cc3)cc2)C(=O)N[C@@H](C=C)C(=O)N1)C(=O)/C=C/c1ccn[nH]1. The minimum atomic E-state index is -1.57. The van der Waals surface area contributed by atoms with Gasteiger partial charge in [0.25, 0.3) is 11.8 Å². The van der Waals surface area contributed by atoms with Gasteiger partial charge in [-0.1, -0.05) is 66.1 Å². The van der Waals surface area contributed by atoms with Crippen LogP contribution >= 0.6 is 11.6 Å². The molecule has 0 saturated heterocycles. The molecule has 9 N–H and O–H groups in total. The second-order valence-electron chi connectivity index (χ2n) is 15.6. The fourth-order valence-electron chi connectivity index (χ4n) is 7.25. The first-order valence-electron chi connectivity index (χ1n) is 21.4. The normalized spacial score (nSPS) is 16.6. The molecule has 2 heterocycles. The van der Waals surface area contributed by atoms with Crippen molar-refractivity contribution in [3.63, 3.8) is 0 Å². The number of fused-ring (bicyclic) bond motifs is 5.